The molecule has 132 valence electrons. The van der Waals surface area contributed by atoms with Crippen molar-refractivity contribution in [2.75, 3.05) is 0 Å². The number of imidazole rings is 1. The first-order chi connectivity index (χ1) is 13.1. The molecule has 5 aromatic rings. The summed E-state index contributed by atoms with van der Waals surface area (Å²) < 4.78 is 7.11. The third-order valence-electron chi connectivity index (χ3n) is 4.31. The van der Waals surface area contributed by atoms with Gasteiger partial charge in [-0.2, -0.15) is 5.10 Å². The lowest BCUT2D eigenvalue weighted by Crippen LogP contribution is -2.02. The first-order valence-corrected chi connectivity index (χ1v) is 9.44. The molecule has 5 nitrogen and oxygen atoms in total. The van der Waals surface area contributed by atoms with Crippen molar-refractivity contribution >= 4 is 38.9 Å². The lowest BCUT2D eigenvalue weighted by molar-refractivity contribution is 0.563. The molecule has 0 spiro atoms. The van der Waals surface area contributed by atoms with Crippen LogP contribution < -0.4 is 5.63 Å². The third-order valence-corrected chi connectivity index (χ3v) is 5.60. The van der Waals surface area contributed by atoms with Gasteiger partial charge in [-0.05, 0) is 31.2 Å². The molecule has 7 heteroatoms. The van der Waals surface area contributed by atoms with Crippen LogP contribution in [-0.4, -0.2) is 14.6 Å². The second-order valence-electron chi connectivity index (χ2n) is 6.23. The molecule has 0 bridgehead atoms. The number of hydrogen-bond donors (Lipinski definition) is 0. The van der Waals surface area contributed by atoms with E-state index in [1.165, 1.54) is 11.3 Å². The van der Waals surface area contributed by atoms with Crippen molar-refractivity contribution in [1.29, 1.82) is 0 Å². The Morgan fingerprint density at radius 3 is 2.78 bits per heavy atom. The maximum absolute atomic E-state index is 12.4. The molecule has 0 saturated carbocycles. The second kappa shape index (κ2) is 6.04. The Morgan fingerprint density at radius 2 is 1.96 bits per heavy atom. The molecule has 0 fully saturated rings. The van der Waals surface area contributed by atoms with Gasteiger partial charge in [-0.25, -0.2) is 14.3 Å². The monoisotopic (exact) mass is 393 g/mol. The van der Waals surface area contributed by atoms with Crippen LogP contribution in [0.1, 0.15) is 5.56 Å². The predicted octanol–water partition coefficient (Wildman–Crippen LogP) is 5.19. The fourth-order valence-electron chi connectivity index (χ4n) is 2.99. The van der Waals surface area contributed by atoms with E-state index in [4.69, 9.17) is 16.0 Å². The molecule has 27 heavy (non-hydrogen) atoms. The Bertz CT molecular complexity index is 1350. The molecule has 0 aliphatic rings. The molecule has 0 saturated heterocycles. The number of benzene rings is 2. The highest BCUT2D eigenvalue weighted by Crippen LogP contribution is 2.32. The van der Waals surface area contributed by atoms with Gasteiger partial charge >= 0.3 is 5.63 Å². The fraction of sp³-hybridized carbons (Fsp3) is 0.0500. The quantitative estimate of drug-likeness (QED) is 0.387. The van der Waals surface area contributed by atoms with Crippen molar-refractivity contribution in [2.24, 2.45) is 0 Å². The number of nitrogens with zero attached hydrogens (tertiary/aromatic N) is 3. The molecular formula is C20H12ClN3O2S. The molecular weight excluding hydrogens is 382 g/mol. The summed E-state index contributed by atoms with van der Waals surface area (Å²) in [7, 11) is 0. The number of aromatic nitrogens is 3. The van der Waals surface area contributed by atoms with Gasteiger partial charge in [0.25, 0.3) is 0 Å². The van der Waals surface area contributed by atoms with Gasteiger partial charge in [0, 0.05) is 10.9 Å². The number of rotatable bonds is 2. The number of aryl methyl sites for hydroxylation is 1. The average molecular weight is 394 g/mol. The summed E-state index contributed by atoms with van der Waals surface area (Å²) in [6, 6.07) is 15.1. The van der Waals surface area contributed by atoms with Crippen molar-refractivity contribution < 1.29 is 4.42 Å². The van der Waals surface area contributed by atoms with E-state index in [0.717, 1.165) is 21.5 Å². The summed E-state index contributed by atoms with van der Waals surface area (Å²) in [5.74, 6) is 0. The van der Waals surface area contributed by atoms with Gasteiger partial charge < -0.3 is 4.42 Å². The van der Waals surface area contributed by atoms with E-state index in [-0.39, 0.29) is 0 Å². The maximum atomic E-state index is 12.4. The van der Waals surface area contributed by atoms with E-state index in [1.807, 2.05) is 49.4 Å². The third kappa shape index (κ3) is 2.74. The average Bonchev–Trinajstić information content (AvgIpc) is 3.21. The van der Waals surface area contributed by atoms with Crippen LogP contribution in [0.25, 0.3) is 37.8 Å². The highest BCUT2D eigenvalue weighted by molar-refractivity contribution is 7.19. The molecule has 0 amide bonds. The minimum absolute atomic E-state index is 0.413. The lowest BCUT2D eigenvalue weighted by Gasteiger charge is -2.01. The molecule has 0 radical (unpaired) electrons. The topological polar surface area (TPSA) is 60.4 Å². The van der Waals surface area contributed by atoms with Crippen LogP contribution in [0.4, 0.5) is 0 Å². The van der Waals surface area contributed by atoms with E-state index < -0.39 is 5.63 Å². The summed E-state index contributed by atoms with van der Waals surface area (Å²) in [6.45, 7) is 2.00. The normalized spacial score (nSPS) is 11.5. The zero-order valence-electron chi connectivity index (χ0n) is 14.1. The SMILES string of the molecule is Cc1ccc2oc(=O)c(-c3cn4nc(-c5ccccc5Cl)sc4n3)cc2c1. The number of halogens is 1. The Hall–Kier alpha value is -2.96. The summed E-state index contributed by atoms with van der Waals surface area (Å²) in [5.41, 5.74) is 3.07. The zero-order chi connectivity index (χ0) is 18.5. The molecule has 2 aromatic carbocycles. The first kappa shape index (κ1) is 16.2. The van der Waals surface area contributed by atoms with E-state index >= 15 is 0 Å². The van der Waals surface area contributed by atoms with Crippen LogP contribution in [0.15, 0.2) is 63.9 Å². The summed E-state index contributed by atoms with van der Waals surface area (Å²) in [5, 5.41) is 6.83. The van der Waals surface area contributed by atoms with Crippen molar-refractivity contribution in [3.8, 4) is 21.8 Å². The van der Waals surface area contributed by atoms with Crippen molar-refractivity contribution in [1.82, 2.24) is 14.6 Å². The van der Waals surface area contributed by atoms with Gasteiger partial charge in [0.1, 0.15) is 10.6 Å². The van der Waals surface area contributed by atoms with Gasteiger partial charge in [0.15, 0.2) is 0 Å². The zero-order valence-corrected chi connectivity index (χ0v) is 15.7. The van der Waals surface area contributed by atoms with Crippen LogP contribution in [-0.2, 0) is 0 Å². The number of fused-ring (bicyclic) bond motifs is 2. The molecule has 0 atom stereocenters. The van der Waals surface area contributed by atoms with Crippen LogP contribution in [0.3, 0.4) is 0 Å². The Kier molecular flexibility index (Phi) is 3.63. The molecule has 0 unspecified atom stereocenters. The maximum Gasteiger partial charge on any atom is 0.345 e. The summed E-state index contributed by atoms with van der Waals surface area (Å²) in [4.78, 5) is 17.6. The van der Waals surface area contributed by atoms with Crippen LogP contribution in [0, 0.1) is 6.92 Å². The Labute approximate surface area is 162 Å². The van der Waals surface area contributed by atoms with Crippen LogP contribution in [0.2, 0.25) is 5.02 Å². The van der Waals surface area contributed by atoms with Gasteiger partial charge in [0.2, 0.25) is 4.96 Å². The first-order valence-electron chi connectivity index (χ1n) is 8.24. The molecule has 0 aliphatic heterocycles. The predicted molar refractivity (Wildman–Crippen MR) is 108 cm³/mol. The van der Waals surface area contributed by atoms with Crippen LogP contribution in [0.5, 0.6) is 0 Å². The highest BCUT2D eigenvalue weighted by Gasteiger charge is 2.16. The van der Waals surface area contributed by atoms with E-state index in [1.54, 1.807) is 16.8 Å². The van der Waals surface area contributed by atoms with Gasteiger partial charge in [-0.3, -0.25) is 0 Å². The Morgan fingerprint density at radius 1 is 1.11 bits per heavy atom. The van der Waals surface area contributed by atoms with Crippen molar-refractivity contribution in [2.45, 2.75) is 6.92 Å². The molecule has 3 aromatic heterocycles. The largest absolute Gasteiger partial charge is 0.422 e. The second-order valence-corrected chi connectivity index (χ2v) is 7.59. The summed E-state index contributed by atoms with van der Waals surface area (Å²) >= 11 is 7.67. The van der Waals surface area contributed by atoms with E-state index in [0.29, 0.717) is 26.8 Å². The minimum atomic E-state index is -0.413. The molecule has 5 rings (SSSR count). The smallest absolute Gasteiger partial charge is 0.345 e. The van der Waals surface area contributed by atoms with Gasteiger partial charge in [-0.1, -0.05) is 52.8 Å². The van der Waals surface area contributed by atoms with Gasteiger partial charge in [-0.15, -0.1) is 0 Å². The Balaban J connectivity index is 1.63. The van der Waals surface area contributed by atoms with Crippen molar-refractivity contribution in [3.05, 3.63) is 75.7 Å². The molecule has 0 N–H and O–H groups in total. The molecule has 3 heterocycles. The van der Waals surface area contributed by atoms with Gasteiger partial charge in [0.05, 0.1) is 22.5 Å². The highest BCUT2D eigenvalue weighted by atomic mass is 35.5. The summed E-state index contributed by atoms with van der Waals surface area (Å²) in [6.07, 6.45) is 1.74. The standard InChI is InChI=1S/C20H12ClN3O2S/c1-11-6-7-17-12(8-11)9-14(19(25)26-17)16-10-24-20(22-16)27-18(23-24)13-4-2-3-5-15(13)21/h2-10H,1H3. The van der Waals surface area contributed by atoms with E-state index in [2.05, 4.69) is 10.1 Å². The number of hydrogen-bond acceptors (Lipinski definition) is 5. The van der Waals surface area contributed by atoms with Crippen LogP contribution >= 0.6 is 22.9 Å². The fourth-order valence-corrected chi connectivity index (χ4v) is 4.20. The molecule has 0 aliphatic carbocycles. The van der Waals surface area contributed by atoms with E-state index in [9.17, 15) is 4.79 Å². The van der Waals surface area contributed by atoms with Crippen molar-refractivity contribution in [3.63, 3.8) is 0 Å². The lowest BCUT2D eigenvalue weighted by atomic mass is 10.1. The minimum Gasteiger partial charge on any atom is -0.422 e.